The Morgan fingerprint density at radius 1 is 1.30 bits per heavy atom. The van der Waals surface area contributed by atoms with Crippen LogP contribution in [0.25, 0.3) is 0 Å². The summed E-state index contributed by atoms with van der Waals surface area (Å²) >= 11 is 0. The van der Waals surface area contributed by atoms with Crippen molar-refractivity contribution in [2.75, 3.05) is 6.54 Å². The number of amides is 2. The van der Waals surface area contributed by atoms with Crippen LogP contribution in [0.15, 0.2) is 12.7 Å². The van der Waals surface area contributed by atoms with E-state index < -0.39 is 11.6 Å². The van der Waals surface area contributed by atoms with E-state index in [-0.39, 0.29) is 17.2 Å². The predicted molar refractivity (Wildman–Crippen MR) is 79.1 cm³/mol. The number of nitrogens with one attached hydrogen (secondary N) is 1. The molecule has 112 valence electrons. The molecule has 0 aromatic rings. The second-order valence-electron chi connectivity index (χ2n) is 7.15. The molecule has 0 aromatic carbocycles. The Labute approximate surface area is 121 Å². The van der Waals surface area contributed by atoms with E-state index in [2.05, 4.69) is 11.9 Å². The lowest BCUT2D eigenvalue weighted by Crippen LogP contribution is -2.73. The van der Waals surface area contributed by atoms with Crippen LogP contribution in [0.1, 0.15) is 52.9 Å². The van der Waals surface area contributed by atoms with Crippen molar-refractivity contribution in [3.63, 3.8) is 0 Å². The van der Waals surface area contributed by atoms with Crippen molar-refractivity contribution >= 4 is 11.8 Å². The van der Waals surface area contributed by atoms with Crippen molar-refractivity contribution in [2.24, 2.45) is 5.41 Å². The molecule has 0 bridgehead atoms. The first-order valence-electron chi connectivity index (χ1n) is 7.56. The lowest BCUT2D eigenvalue weighted by molar-refractivity contribution is -0.160. The Kier molecular flexibility index (Phi) is 3.94. The number of carbonyl (C=O) groups excluding carboxylic acids is 2. The molecule has 1 aliphatic heterocycles. The summed E-state index contributed by atoms with van der Waals surface area (Å²) < 4.78 is 0. The summed E-state index contributed by atoms with van der Waals surface area (Å²) in [6.07, 6.45) is 6.41. The molecular weight excluding hydrogens is 252 g/mol. The lowest BCUT2D eigenvalue weighted by Gasteiger charge is -2.50. The standard InChI is InChI=1S/C16H26N2O2/c1-5-11-18-12(15(2,3)4)13(19)17-16(14(18)20)9-7-6-8-10-16/h5,12H,1,6-11H2,2-4H3,(H,17,19). The third kappa shape index (κ3) is 2.48. The minimum Gasteiger partial charge on any atom is -0.340 e. The summed E-state index contributed by atoms with van der Waals surface area (Å²) in [5.74, 6) is 0.0671. The molecule has 2 aliphatic rings. The van der Waals surface area contributed by atoms with Crippen molar-refractivity contribution in [2.45, 2.75) is 64.5 Å². The van der Waals surface area contributed by atoms with Gasteiger partial charge in [0.25, 0.3) is 0 Å². The average Bonchev–Trinajstić information content (AvgIpc) is 2.35. The van der Waals surface area contributed by atoms with Crippen molar-refractivity contribution in [3.8, 4) is 0 Å². The summed E-state index contributed by atoms with van der Waals surface area (Å²) in [5.41, 5.74) is -0.931. The zero-order valence-electron chi connectivity index (χ0n) is 12.9. The third-order valence-corrected chi connectivity index (χ3v) is 4.45. The van der Waals surface area contributed by atoms with E-state index in [9.17, 15) is 9.59 Å². The molecule has 1 unspecified atom stereocenters. The first-order chi connectivity index (χ1) is 9.32. The van der Waals surface area contributed by atoms with Gasteiger partial charge in [0.15, 0.2) is 0 Å². The fourth-order valence-corrected chi connectivity index (χ4v) is 3.57. The van der Waals surface area contributed by atoms with Gasteiger partial charge in [-0.15, -0.1) is 6.58 Å². The SMILES string of the molecule is C=CCN1C(=O)C2(CCCCC2)NC(=O)C1C(C)(C)C. The van der Waals surface area contributed by atoms with Gasteiger partial charge in [-0.05, 0) is 18.3 Å². The van der Waals surface area contributed by atoms with Gasteiger partial charge in [0, 0.05) is 6.54 Å². The molecule has 4 heteroatoms. The van der Waals surface area contributed by atoms with Gasteiger partial charge in [0.05, 0.1) is 0 Å². The van der Waals surface area contributed by atoms with Gasteiger partial charge >= 0.3 is 0 Å². The van der Waals surface area contributed by atoms with Gasteiger partial charge in [0.1, 0.15) is 11.6 Å². The number of rotatable bonds is 2. The van der Waals surface area contributed by atoms with Crippen LogP contribution in [0.3, 0.4) is 0 Å². The molecular formula is C16H26N2O2. The molecule has 1 saturated carbocycles. The number of piperazine rings is 1. The van der Waals surface area contributed by atoms with Gasteiger partial charge in [0.2, 0.25) is 11.8 Å². The maximum Gasteiger partial charge on any atom is 0.249 e. The minimum absolute atomic E-state index is 0.0131. The largest absolute Gasteiger partial charge is 0.340 e. The van der Waals surface area contributed by atoms with E-state index in [0.29, 0.717) is 6.54 Å². The van der Waals surface area contributed by atoms with Gasteiger partial charge in [-0.2, -0.15) is 0 Å². The molecule has 20 heavy (non-hydrogen) atoms. The highest BCUT2D eigenvalue weighted by Crippen LogP contribution is 2.37. The molecule has 1 atom stereocenters. The quantitative estimate of drug-likeness (QED) is 0.788. The van der Waals surface area contributed by atoms with Crippen LogP contribution in [0.5, 0.6) is 0 Å². The van der Waals surface area contributed by atoms with Crippen LogP contribution in [0.4, 0.5) is 0 Å². The monoisotopic (exact) mass is 278 g/mol. The highest BCUT2D eigenvalue weighted by atomic mass is 16.2. The number of hydrogen-bond acceptors (Lipinski definition) is 2. The molecule has 1 saturated heterocycles. The zero-order chi connectivity index (χ0) is 15.0. The summed E-state index contributed by atoms with van der Waals surface area (Å²) in [6, 6.07) is -0.416. The second kappa shape index (κ2) is 5.23. The zero-order valence-corrected chi connectivity index (χ0v) is 12.9. The molecule has 2 fully saturated rings. The number of nitrogens with zero attached hydrogens (tertiary/aromatic N) is 1. The Bertz CT molecular complexity index is 417. The van der Waals surface area contributed by atoms with Gasteiger partial charge in [-0.25, -0.2) is 0 Å². The van der Waals surface area contributed by atoms with E-state index in [1.54, 1.807) is 11.0 Å². The molecule has 0 aromatic heterocycles. The molecule has 1 N–H and O–H groups in total. The Morgan fingerprint density at radius 2 is 1.90 bits per heavy atom. The van der Waals surface area contributed by atoms with Crippen LogP contribution in [0, 0.1) is 5.41 Å². The highest BCUT2D eigenvalue weighted by Gasteiger charge is 2.53. The van der Waals surface area contributed by atoms with Crippen molar-refractivity contribution in [3.05, 3.63) is 12.7 Å². The fraction of sp³-hybridized carbons (Fsp3) is 0.750. The summed E-state index contributed by atoms with van der Waals surface area (Å²) in [6.45, 7) is 10.2. The first-order valence-corrected chi connectivity index (χ1v) is 7.56. The van der Waals surface area contributed by atoms with Crippen molar-refractivity contribution < 1.29 is 9.59 Å². The van der Waals surface area contributed by atoms with Gasteiger partial charge in [-0.3, -0.25) is 9.59 Å². The van der Waals surface area contributed by atoms with E-state index in [4.69, 9.17) is 0 Å². The molecule has 0 radical (unpaired) electrons. The van der Waals surface area contributed by atoms with E-state index in [1.807, 2.05) is 20.8 Å². The van der Waals surface area contributed by atoms with Crippen LogP contribution in [-0.2, 0) is 9.59 Å². The summed E-state index contributed by atoms with van der Waals surface area (Å²) in [5, 5.41) is 3.06. The van der Waals surface area contributed by atoms with E-state index in [1.165, 1.54) is 0 Å². The third-order valence-electron chi connectivity index (χ3n) is 4.45. The molecule has 1 spiro atoms. The van der Waals surface area contributed by atoms with E-state index >= 15 is 0 Å². The molecule has 1 heterocycles. The second-order valence-corrected chi connectivity index (χ2v) is 7.15. The van der Waals surface area contributed by atoms with Crippen LogP contribution in [0.2, 0.25) is 0 Å². The molecule has 4 nitrogen and oxygen atoms in total. The number of carbonyl (C=O) groups is 2. The molecule has 1 aliphatic carbocycles. The number of hydrogen-bond donors (Lipinski definition) is 1. The summed E-state index contributed by atoms with van der Waals surface area (Å²) in [4.78, 5) is 27.3. The van der Waals surface area contributed by atoms with Crippen molar-refractivity contribution in [1.82, 2.24) is 10.2 Å². The first kappa shape index (κ1) is 15.1. The molecule has 2 rings (SSSR count). The Balaban J connectivity index is 2.36. The Morgan fingerprint density at radius 3 is 2.40 bits per heavy atom. The minimum atomic E-state index is -0.653. The van der Waals surface area contributed by atoms with Crippen LogP contribution < -0.4 is 5.32 Å². The van der Waals surface area contributed by atoms with Crippen LogP contribution in [-0.4, -0.2) is 34.8 Å². The van der Waals surface area contributed by atoms with Crippen molar-refractivity contribution in [1.29, 1.82) is 0 Å². The van der Waals surface area contributed by atoms with E-state index in [0.717, 1.165) is 32.1 Å². The fourth-order valence-electron chi connectivity index (χ4n) is 3.57. The van der Waals surface area contributed by atoms with Gasteiger partial charge in [-0.1, -0.05) is 46.1 Å². The average molecular weight is 278 g/mol. The summed E-state index contributed by atoms with van der Waals surface area (Å²) in [7, 11) is 0. The topological polar surface area (TPSA) is 49.4 Å². The van der Waals surface area contributed by atoms with Crippen LogP contribution >= 0.6 is 0 Å². The normalized spacial score (nSPS) is 26.6. The molecule has 2 amide bonds. The smallest absolute Gasteiger partial charge is 0.249 e. The van der Waals surface area contributed by atoms with Gasteiger partial charge < -0.3 is 10.2 Å². The predicted octanol–water partition coefficient (Wildman–Crippen LogP) is 2.25. The maximum atomic E-state index is 13.0. The maximum absolute atomic E-state index is 13.0. The highest BCUT2D eigenvalue weighted by molar-refractivity contribution is 6.00. The Hall–Kier alpha value is -1.32. The lowest BCUT2D eigenvalue weighted by atomic mass is 9.75.